The summed E-state index contributed by atoms with van der Waals surface area (Å²) in [5, 5.41) is 0. The van der Waals surface area contributed by atoms with Crippen LogP contribution in [-0.4, -0.2) is 44.0 Å². The average Bonchev–Trinajstić information content (AvgIpc) is 3.12. The highest BCUT2D eigenvalue weighted by Gasteiger charge is 2.41. The molecule has 7 heteroatoms. The molecule has 2 aromatic carbocycles. The lowest BCUT2D eigenvalue weighted by Gasteiger charge is -2.22. The predicted octanol–water partition coefficient (Wildman–Crippen LogP) is 2.85. The summed E-state index contributed by atoms with van der Waals surface area (Å²) < 4.78 is 21.5. The van der Waals surface area contributed by atoms with Crippen LogP contribution in [0.4, 0.5) is 0 Å². The van der Waals surface area contributed by atoms with E-state index in [9.17, 15) is 14.4 Å². The highest BCUT2D eigenvalue weighted by Crippen LogP contribution is 2.29. The Hall–Kier alpha value is -3.19. The smallest absolute Gasteiger partial charge is 0.338 e. The molecular weight excluding hydrogens is 376 g/mol. The van der Waals surface area contributed by atoms with Crippen LogP contribution in [0, 0.1) is 11.8 Å². The molecule has 0 spiro atoms. The standard InChI is InChI=1S/C22H22O7/c1-15(23)29-22-19(14-27-21(25)17-10-6-3-7-11-17)18(13-28-22)12-26-20(24)16-8-4-2-5-9-16/h2-11,18-19,22H,12-14H2,1H3/t18-,19+,22?/m0/s1. The van der Waals surface area contributed by atoms with Gasteiger partial charge in [-0.2, -0.15) is 0 Å². The van der Waals surface area contributed by atoms with E-state index >= 15 is 0 Å². The van der Waals surface area contributed by atoms with Gasteiger partial charge in [-0.05, 0) is 24.3 Å². The van der Waals surface area contributed by atoms with Crippen molar-refractivity contribution in [2.24, 2.45) is 11.8 Å². The van der Waals surface area contributed by atoms with Crippen molar-refractivity contribution >= 4 is 17.9 Å². The van der Waals surface area contributed by atoms with Crippen molar-refractivity contribution in [1.82, 2.24) is 0 Å². The molecule has 1 heterocycles. The van der Waals surface area contributed by atoms with Gasteiger partial charge in [-0.3, -0.25) is 4.79 Å². The van der Waals surface area contributed by atoms with Crippen molar-refractivity contribution in [2.45, 2.75) is 13.2 Å². The van der Waals surface area contributed by atoms with Gasteiger partial charge in [0.15, 0.2) is 0 Å². The first-order chi connectivity index (χ1) is 14.0. The molecule has 152 valence electrons. The van der Waals surface area contributed by atoms with Crippen LogP contribution in [0.2, 0.25) is 0 Å². The van der Waals surface area contributed by atoms with E-state index in [0.29, 0.717) is 11.1 Å². The summed E-state index contributed by atoms with van der Waals surface area (Å²) in [5.41, 5.74) is 0.859. The quantitative estimate of drug-likeness (QED) is 0.523. The van der Waals surface area contributed by atoms with Crippen molar-refractivity contribution < 1.29 is 33.3 Å². The molecule has 7 nitrogen and oxygen atoms in total. The van der Waals surface area contributed by atoms with Crippen molar-refractivity contribution in [3.05, 3.63) is 71.8 Å². The fourth-order valence-corrected chi connectivity index (χ4v) is 3.03. The average molecular weight is 398 g/mol. The molecule has 3 rings (SSSR count). The van der Waals surface area contributed by atoms with Gasteiger partial charge in [0.2, 0.25) is 6.29 Å². The Labute approximate surface area is 168 Å². The molecule has 2 aromatic rings. The van der Waals surface area contributed by atoms with Gasteiger partial charge in [0.25, 0.3) is 0 Å². The number of carbonyl (C=O) groups excluding carboxylic acids is 3. The maximum atomic E-state index is 12.2. The Morgan fingerprint density at radius 3 is 1.90 bits per heavy atom. The minimum absolute atomic E-state index is 0.0285. The Morgan fingerprint density at radius 1 is 0.862 bits per heavy atom. The number of benzene rings is 2. The van der Waals surface area contributed by atoms with Crippen molar-refractivity contribution in [3.8, 4) is 0 Å². The number of esters is 3. The minimum atomic E-state index is -0.864. The fraction of sp³-hybridized carbons (Fsp3) is 0.318. The summed E-state index contributed by atoms with van der Waals surface area (Å²) in [6, 6.07) is 17.2. The lowest BCUT2D eigenvalue weighted by atomic mass is 9.96. The zero-order valence-corrected chi connectivity index (χ0v) is 16.0. The van der Waals surface area contributed by atoms with Gasteiger partial charge < -0.3 is 18.9 Å². The van der Waals surface area contributed by atoms with Gasteiger partial charge in [0.1, 0.15) is 6.61 Å². The zero-order chi connectivity index (χ0) is 20.6. The Kier molecular flexibility index (Phi) is 6.97. The monoisotopic (exact) mass is 398 g/mol. The summed E-state index contributed by atoms with van der Waals surface area (Å²) >= 11 is 0. The summed E-state index contributed by atoms with van der Waals surface area (Å²) in [7, 11) is 0. The van der Waals surface area contributed by atoms with E-state index in [1.165, 1.54) is 6.92 Å². The van der Waals surface area contributed by atoms with Crippen LogP contribution >= 0.6 is 0 Å². The van der Waals surface area contributed by atoms with E-state index in [1.807, 2.05) is 6.07 Å². The predicted molar refractivity (Wildman–Crippen MR) is 102 cm³/mol. The van der Waals surface area contributed by atoms with Crippen LogP contribution in [0.15, 0.2) is 60.7 Å². The normalized spacial score (nSPS) is 20.7. The van der Waals surface area contributed by atoms with Crippen molar-refractivity contribution in [2.75, 3.05) is 19.8 Å². The van der Waals surface area contributed by atoms with Crippen LogP contribution in [0.3, 0.4) is 0 Å². The van der Waals surface area contributed by atoms with Crippen molar-refractivity contribution in [1.29, 1.82) is 0 Å². The molecule has 1 fully saturated rings. The minimum Gasteiger partial charge on any atom is -0.462 e. The second-order valence-electron chi connectivity index (χ2n) is 6.66. The van der Waals surface area contributed by atoms with E-state index < -0.39 is 30.1 Å². The second-order valence-corrected chi connectivity index (χ2v) is 6.66. The molecule has 0 N–H and O–H groups in total. The van der Waals surface area contributed by atoms with Gasteiger partial charge >= 0.3 is 17.9 Å². The summed E-state index contributed by atoms with van der Waals surface area (Å²) in [5.74, 6) is -2.18. The number of hydrogen-bond donors (Lipinski definition) is 0. The van der Waals surface area contributed by atoms with E-state index in [0.717, 1.165) is 0 Å². The molecule has 0 bridgehead atoms. The molecule has 0 aromatic heterocycles. The number of rotatable bonds is 7. The SMILES string of the molecule is CC(=O)OC1OC[C@H](COC(=O)c2ccccc2)[C@H]1COC(=O)c1ccccc1. The van der Waals surface area contributed by atoms with Crippen LogP contribution in [0.1, 0.15) is 27.6 Å². The lowest BCUT2D eigenvalue weighted by molar-refractivity contribution is -0.175. The number of ether oxygens (including phenoxy) is 4. The highest BCUT2D eigenvalue weighted by atomic mass is 16.7. The molecule has 1 saturated heterocycles. The number of hydrogen-bond acceptors (Lipinski definition) is 7. The molecule has 0 radical (unpaired) electrons. The molecule has 0 saturated carbocycles. The molecule has 0 aliphatic carbocycles. The molecule has 1 aliphatic heterocycles. The van der Waals surface area contributed by atoms with Crippen LogP contribution in [-0.2, 0) is 23.7 Å². The molecular formula is C22H22O7. The Bertz CT molecular complexity index is 835. The fourth-order valence-electron chi connectivity index (χ4n) is 3.03. The van der Waals surface area contributed by atoms with E-state index in [1.54, 1.807) is 54.6 Å². The number of carbonyl (C=O) groups is 3. The first kappa shape index (κ1) is 20.5. The highest BCUT2D eigenvalue weighted by molar-refractivity contribution is 5.89. The maximum Gasteiger partial charge on any atom is 0.338 e. The van der Waals surface area contributed by atoms with E-state index in [-0.39, 0.29) is 25.7 Å². The van der Waals surface area contributed by atoms with Gasteiger partial charge in [0.05, 0.1) is 30.3 Å². The van der Waals surface area contributed by atoms with Crippen LogP contribution < -0.4 is 0 Å². The topological polar surface area (TPSA) is 88.1 Å². The van der Waals surface area contributed by atoms with Crippen molar-refractivity contribution in [3.63, 3.8) is 0 Å². The third-order valence-electron chi connectivity index (χ3n) is 4.57. The molecule has 29 heavy (non-hydrogen) atoms. The largest absolute Gasteiger partial charge is 0.462 e. The molecule has 3 atom stereocenters. The second kappa shape index (κ2) is 9.84. The molecule has 1 aliphatic rings. The third-order valence-corrected chi connectivity index (χ3v) is 4.57. The zero-order valence-electron chi connectivity index (χ0n) is 16.0. The van der Waals surface area contributed by atoms with Gasteiger partial charge in [-0.15, -0.1) is 0 Å². The van der Waals surface area contributed by atoms with Gasteiger partial charge in [0, 0.05) is 12.8 Å². The lowest BCUT2D eigenvalue weighted by Crippen LogP contribution is -2.32. The van der Waals surface area contributed by atoms with E-state index in [2.05, 4.69) is 0 Å². The van der Waals surface area contributed by atoms with Gasteiger partial charge in [-0.25, -0.2) is 9.59 Å². The molecule has 1 unspecified atom stereocenters. The summed E-state index contributed by atoms with van der Waals surface area (Å²) in [6.07, 6.45) is -0.864. The van der Waals surface area contributed by atoms with E-state index in [4.69, 9.17) is 18.9 Å². The Balaban J connectivity index is 1.61. The maximum absolute atomic E-state index is 12.2. The third kappa shape index (κ3) is 5.65. The van der Waals surface area contributed by atoms with Crippen LogP contribution in [0.25, 0.3) is 0 Å². The first-order valence-electron chi connectivity index (χ1n) is 9.27. The Morgan fingerprint density at radius 2 is 1.38 bits per heavy atom. The summed E-state index contributed by atoms with van der Waals surface area (Å²) in [4.78, 5) is 35.8. The van der Waals surface area contributed by atoms with Gasteiger partial charge in [-0.1, -0.05) is 36.4 Å². The molecule has 0 amide bonds. The van der Waals surface area contributed by atoms with Crippen LogP contribution in [0.5, 0.6) is 0 Å². The first-order valence-corrected chi connectivity index (χ1v) is 9.27. The summed E-state index contributed by atoms with van der Waals surface area (Å²) in [6.45, 7) is 1.52.